The molecule has 0 saturated carbocycles. The molecule has 1 atom stereocenters. The van der Waals surface area contributed by atoms with Gasteiger partial charge in [0, 0.05) is 50.4 Å². The Bertz CT molecular complexity index is 882. The molecular formula is C22H34ClN3O3S. The lowest BCUT2D eigenvalue weighted by atomic mass is 10.0. The van der Waals surface area contributed by atoms with E-state index in [-0.39, 0.29) is 21.4 Å². The highest BCUT2D eigenvalue weighted by Gasteiger charge is 2.32. The lowest BCUT2D eigenvalue weighted by Crippen LogP contribution is -2.44. The molecule has 0 spiro atoms. The van der Waals surface area contributed by atoms with Crippen molar-refractivity contribution in [3.8, 4) is 0 Å². The van der Waals surface area contributed by atoms with Gasteiger partial charge in [0.2, 0.25) is 10.0 Å². The van der Waals surface area contributed by atoms with Gasteiger partial charge in [-0.1, -0.05) is 18.5 Å². The maximum Gasteiger partial charge on any atom is 0.253 e. The van der Waals surface area contributed by atoms with Crippen molar-refractivity contribution in [2.75, 3.05) is 39.3 Å². The molecular weight excluding hydrogens is 422 g/mol. The molecule has 2 aliphatic heterocycles. The van der Waals surface area contributed by atoms with Crippen molar-refractivity contribution in [2.24, 2.45) is 5.92 Å². The molecule has 6 nitrogen and oxygen atoms in total. The van der Waals surface area contributed by atoms with E-state index in [1.54, 1.807) is 6.07 Å². The fourth-order valence-electron chi connectivity index (χ4n) is 4.31. The number of rotatable bonds is 3. The zero-order chi connectivity index (χ0) is 22.1. The van der Waals surface area contributed by atoms with Crippen LogP contribution >= 0.6 is 11.6 Å². The van der Waals surface area contributed by atoms with Gasteiger partial charge in [-0.05, 0) is 64.2 Å². The van der Waals surface area contributed by atoms with Crippen LogP contribution in [0.15, 0.2) is 23.1 Å². The monoisotopic (exact) mass is 455 g/mol. The molecule has 1 unspecified atom stereocenters. The van der Waals surface area contributed by atoms with Crippen LogP contribution < -0.4 is 0 Å². The van der Waals surface area contributed by atoms with Crippen LogP contribution in [0.25, 0.3) is 0 Å². The van der Waals surface area contributed by atoms with Crippen molar-refractivity contribution < 1.29 is 13.2 Å². The van der Waals surface area contributed by atoms with Crippen LogP contribution in [0.1, 0.15) is 57.3 Å². The molecule has 0 radical (unpaired) electrons. The summed E-state index contributed by atoms with van der Waals surface area (Å²) in [6.45, 7) is 12.6. The first kappa shape index (κ1) is 23.5. The Balaban J connectivity index is 1.81. The first-order valence-electron chi connectivity index (χ1n) is 10.8. The summed E-state index contributed by atoms with van der Waals surface area (Å²) >= 11 is 6.28. The Morgan fingerprint density at radius 3 is 2.47 bits per heavy atom. The molecule has 2 fully saturated rings. The van der Waals surface area contributed by atoms with E-state index >= 15 is 0 Å². The van der Waals surface area contributed by atoms with Crippen LogP contribution in [-0.2, 0) is 10.0 Å². The zero-order valence-corrected chi connectivity index (χ0v) is 20.1. The molecule has 2 heterocycles. The van der Waals surface area contributed by atoms with Gasteiger partial charge in [0.05, 0.1) is 5.02 Å². The average molecular weight is 456 g/mol. The van der Waals surface area contributed by atoms with Crippen LogP contribution in [-0.4, -0.2) is 73.2 Å². The maximum absolute atomic E-state index is 13.2. The minimum atomic E-state index is -3.73. The van der Waals surface area contributed by atoms with Gasteiger partial charge >= 0.3 is 0 Å². The maximum atomic E-state index is 13.2. The van der Waals surface area contributed by atoms with Gasteiger partial charge in [-0.15, -0.1) is 0 Å². The number of sulfonamides is 1. The molecule has 30 heavy (non-hydrogen) atoms. The minimum absolute atomic E-state index is 0.0373. The molecule has 0 bridgehead atoms. The Hall–Kier alpha value is -1.15. The second-order valence-corrected chi connectivity index (χ2v) is 11.9. The first-order chi connectivity index (χ1) is 14.0. The topological polar surface area (TPSA) is 60.9 Å². The molecule has 1 aromatic rings. The normalized spacial score (nSPS) is 22.7. The summed E-state index contributed by atoms with van der Waals surface area (Å²) in [6, 6.07) is 4.63. The van der Waals surface area contributed by atoms with Crippen molar-refractivity contribution in [3.05, 3.63) is 28.8 Å². The molecule has 0 aliphatic carbocycles. The van der Waals surface area contributed by atoms with Gasteiger partial charge in [-0.3, -0.25) is 9.69 Å². The van der Waals surface area contributed by atoms with E-state index < -0.39 is 10.0 Å². The third-order valence-corrected chi connectivity index (χ3v) is 8.49. The van der Waals surface area contributed by atoms with Crippen LogP contribution in [0.2, 0.25) is 5.02 Å². The fourth-order valence-corrected chi connectivity index (χ4v) is 6.41. The van der Waals surface area contributed by atoms with E-state index in [0.29, 0.717) is 37.7 Å². The third-order valence-electron chi connectivity index (χ3n) is 6.15. The average Bonchev–Trinajstić information content (AvgIpc) is 2.94. The van der Waals surface area contributed by atoms with Crippen molar-refractivity contribution in [1.29, 1.82) is 0 Å². The number of hydrogen-bond acceptors (Lipinski definition) is 4. The Kier molecular flexibility index (Phi) is 7.17. The second-order valence-electron chi connectivity index (χ2n) is 9.56. The van der Waals surface area contributed by atoms with E-state index in [4.69, 9.17) is 11.6 Å². The summed E-state index contributed by atoms with van der Waals surface area (Å²) in [5.74, 6) is 0.186. The largest absolute Gasteiger partial charge is 0.337 e. The van der Waals surface area contributed by atoms with Gasteiger partial charge in [0.1, 0.15) is 4.90 Å². The Labute approximate surface area is 186 Å². The lowest BCUT2D eigenvalue weighted by Gasteiger charge is -2.34. The lowest BCUT2D eigenvalue weighted by molar-refractivity contribution is 0.0749. The van der Waals surface area contributed by atoms with Crippen LogP contribution in [0, 0.1) is 5.92 Å². The number of carbonyl (C=O) groups is 1. The summed E-state index contributed by atoms with van der Waals surface area (Å²) < 4.78 is 27.9. The summed E-state index contributed by atoms with van der Waals surface area (Å²) in [7, 11) is -3.73. The Morgan fingerprint density at radius 2 is 1.80 bits per heavy atom. The minimum Gasteiger partial charge on any atom is -0.337 e. The van der Waals surface area contributed by atoms with E-state index in [0.717, 1.165) is 32.4 Å². The molecule has 1 amide bonds. The summed E-state index contributed by atoms with van der Waals surface area (Å²) in [5.41, 5.74) is 0.443. The number of carbonyl (C=O) groups excluding carboxylic acids is 1. The molecule has 3 rings (SSSR count). The van der Waals surface area contributed by atoms with Crippen molar-refractivity contribution in [3.63, 3.8) is 0 Å². The van der Waals surface area contributed by atoms with Crippen molar-refractivity contribution in [1.82, 2.24) is 14.1 Å². The zero-order valence-electron chi connectivity index (χ0n) is 18.5. The molecule has 0 N–H and O–H groups in total. The predicted molar refractivity (Wildman–Crippen MR) is 120 cm³/mol. The van der Waals surface area contributed by atoms with Gasteiger partial charge < -0.3 is 4.90 Å². The number of nitrogens with zero attached hydrogens (tertiary/aromatic N) is 3. The van der Waals surface area contributed by atoms with Crippen LogP contribution in [0.3, 0.4) is 0 Å². The number of halogens is 1. The standard InChI is InChI=1S/C22H34ClN3O3S/c1-17-7-5-12-26(16-17)30(28,29)20-15-18(8-9-19(20)23)21(27)24-10-6-11-25(14-13-24)22(2,3)4/h8-9,15,17H,5-7,10-14,16H2,1-4H3. The van der Waals surface area contributed by atoms with Gasteiger partial charge in [-0.2, -0.15) is 4.31 Å². The van der Waals surface area contributed by atoms with Crippen molar-refractivity contribution in [2.45, 2.75) is 57.4 Å². The summed E-state index contributed by atoms with van der Waals surface area (Å²) in [4.78, 5) is 17.4. The molecule has 2 aliphatic rings. The first-order valence-corrected chi connectivity index (χ1v) is 12.7. The summed E-state index contributed by atoms with van der Waals surface area (Å²) in [5, 5.41) is 0.166. The quantitative estimate of drug-likeness (QED) is 0.697. The van der Waals surface area contributed by atoms with E-state index in [9.17, 15) is 13.2 Å². The summed E-state index contributed by atoms with van der Waals surface area (Å²) in [6.07, 6.45) is 2.76. The smallest absolute Gasteiger partial charge is 0.253 e. The number of benzene rings is 1. The molecule has 2 saturated heterocycles. The number of amides is 1. The second kappa shape index (κ2) is 9.15. The highest BCUT2D eigenvalue weighted by atomic mass is 35.5. The Morgan fingerprint density at radius 1 is 1.07 bits per heavy atom. The van der Waals surface area contributed by atoms with Crippen LogP contribution in [0.5, 0.6) is 0 Å². The predicted octanol–water partition coefficient (Wildman–Crippen LogP) is 3.71. The SMILES string of the molecule is CC1CCCN(S(=O)(=O)c2cc(C(=O)N3CCCN(C(C)(C)C)CC3)ccc2Cl)C1. The number of hydrogen-bond donors (Lipinski definition) is 0. The molecule has 1 aromatic carbocycles. The van der Waals surface area contributed by atoms with E-state index in [1.165, 1.54) is 16.4 Å². The van der Waals surface area contributed by atoms with E-state index in [2.05, 4.69) is 32.6 Å². The molecule has 0 aromatic heterocycles. The van der Waals surface area contributed by atoms with Gasteiger partial charge in [0.15, 0.2) is 0 Å². The third kappa shape index (κ3) is 5.18. The number of piperidine rings is 1. The fraction of sp³-hybridized carbons (Fsp3) is 0.682. The van der Waals surface area contributed by atoms with E-state index in [1.807, 2.05) is 4.90 Å². The van der Waals surface area contributed by atoms with Crippen molar-refractivity contribution >= 4 is 27.5 Å². The highest BCUT2D eigenvalue weighted by Crippen LogP contribution is 2.29. The van der Waals surface area contributed by atoms with Crippen LogP contribution in [0.4, 0.5) is 0 Å². The van der Waals surface area contributed by atoms with Gasteiger partial charge in [0.25, 0.3) is 5.91 Å². The molecule has 168 valence electrons. The van der Waals surface area contributed by atoms with Gasteiger partial charge in [-0.25, -0.2) is 8.42 Å². The highest BCUT2D eigenvalue weighted by molar-refractivity contribution is 7.89. The molecule has 8 heteroatoms.